The maximum absolute atomic E-state index is 12.8. The van der Waals surface area contributed by atoms with Crippen molar-refractivity contribution in [2.24, 2.45) is 16.7 Å². The normalized spacial score (nSPS) is 20.7. The fraction of sp³-hybridized carbons (Fsp3) is 0.548. The van der Waals surface area contributed by atoms with Gasteiger partial charge in [-0.05, 0) is 89.7 Å². The van der Waals surface area contributed by atoms with Gasteiger partial charge in [-0.15, -0.1) is 0 Å². The molecular weight excluding hydrogens is 460 g/mol. The fourth-order valence-corrected chi connectivity index (χ4v) is 6.51. The zero-order valence-corrected chi connectivity index (χ0v) is 23.8. The molecule has 0 spiro atoms. The molecule has 2 aromatic carbocycles. The first-order valence-corrected chi connectivity index (χ1v) is 13.7. The summed E-state index contributed by atoms with van der Waals surface area (Å²) in [5.41, 5.74) is 6.76. The number of rotatable bonds is 8. The molecule has 0 radical (unpaired) electrons. The minimum absolute atomic E-state index is 0.124. The minimum atomic E-state index is -0.214. The molecule has 1 aliphatic rings. The third kappa shape index (κ3) is 7.98. The summed E-state index contributed by atoms with van der Waals surface area (Å²) in [6.45, 7) is 14.2. The third-order valence-corrected chi connectivity index (χ3v) is 7.56. The van der Waals surface area contributed by atoms with Crippen LogP contribution in [0.4, 0.5) is 21.0 Å². The Hall–Kier alpha value is -3.02. The summed E-state index contributed by atoms with van der Waals surface area (Å²) in [5, 5.41) is 11.7. The lowest BCUT2D eigenvalue weighted by atomic mass is 9.61. The van der Waals surface area contributed by atoms with Gasteiger partial charge in [0, 0.05) is 25.0 Å². The van der Waals surface area contributed by atoms with Crippen LogP contribution >= 0.6 is 0 Å². The molecule has 6 nitrogen and oxygen atoms in total. The number of hydrogen-bond donors (Lipinski definition) is 4. The van der Waals surface area contributed by atoms with Gasteiger partial charge < -0.3 is 21.3 Å². The van der Waals surface area contributed by atoms with Crippen LogP contribution in [0, 0.1) is 16.7 Å². The van der Waals surface area contributed by atoms with Gasteiger partial charge in [-0.25, -0.2) is 9.59 Å². The predicted octanol–water partition coefficient (Wildman–Crippen LogP) is 7.13. The van der Waals surface area contributed by atoms with Crippen LogP contribution in [0.3, 0.4) is 0 Å². The number of carbonyl (C=O) groups excluding carboxylic acids is 2. The van der Waals surface area contributed by atoms with Crippen molar-refractivity contribution in [1.82, 2.24) is 10.6 Å². The van der Waals surface area contributed by atoms with Crippen molar-refractivity contribution >= 4 is 23.4 Å². The van der Waals surface area contributed by atoms with Gasteiger partial charge in [-0.2, -0.15) is 0 Å². The number of benzene rings is 2. The van der Waals surface area contributed by atoms with Crippen LogP contribution in [-0.4, -0.2) is 25.7 Å². The Balaban J connectivity index is 1.64. The molecule has 4 amide bonds. The molecule has 1 saturated carbocycles. The fourth-order valence-electron chi connectivity index (χ4n) is 6.51. The Morgan fingerprint density at radius 2 is 1.41 bits per heavy atom. The first-order chi connectivity index (χ1) is 17.5. The van der Waals surface area contributed by atoms with Gasteiger partial charge in [0.15, 0.2) is 0 Å². The number of carbonyl (C=O) groups is 2. The molecular formula is C31H46N4O2. The lowest BCUT2D eigenvalue weighted by Crippen LogP contribution is -2.44. The maximum atomic E-state index is 12.8. The third-order valence-electron chi connectivity index (χ3n) is 7.56. The van der Waals surface area contributed by atoms with Crippen molar-refractivity contribution in [2.45, 2.75) is 80.1 Å². The molecule has 202 valence electrons. The van der Waals surface area contributed by atoms with E-state index in [0.29, 0.717) is 17.9 Å². The van der Waals surface area contributed by atoms with Crippen LogP contribution in [0.25, 0.3) is 0 Å². The van der Waals surface area contributed by atoms with Crippen molar-refractivity contribution < 1.29 is 9.59 Å². The highest BCUT2D eigenvalue weighted by Crippen LogP contribution is 2.48. The van der Waals surface area contributed by atoms with Gasteiger partial charge in [-0.3, -0.25) is 0 Å². The first-order valence-electron chi connectivity index (χ1n) is 13.7. The van der Waals surface area contributed by atoms with Gasteiger partial charge in [-0.1, -0.05) is 65.8 Å². The van der Waals surface area contributed by atoms with Crippen molar-refractivity contribution in [1.29, 1.82) is 0 Å². The van der Waals surface area contributed by atoms with Crippen LogP contribution < -0.4 is 21.3 Å². The van der Waals surface area contributed by atoms with E-state index in [-0.39, 0.29) is 17.5 Å². The Morgan fingerprint density at radius 3 is 1.89 bits per heavy atom. The average Bonchev–Trinajstić information content (AvgIpc) is 2.83. The second-order valence-corrected chi connectivity index (χ2v) is 12.0. The van der Waals surface area contributed by atoms with Crippen LogP contribution in [-0.2, 0) is 19.3 Å². The molecule has 1 fully saturated rings. The van der Waals surface area contributed by atoms with Gasteiger partial charge in [0.25, 0.3) is 0 Å². The number of aryl methyl sites for hydroxylation is 2. The molecule has 0 aromatic heterocycles. The van der Waals surface area contributed by atoms with E-state index in [1.807, 2.05) is 12.1 Å². The van der Waals surface area contributed by atoms with Crippen molar-refractivity contribution in [3.8, 4) is 0 Å². The number of hydrogen-bond acceptors (Lipinski definition) is 2. The lowest BCUT2D eigenvalue weighted by molar-refractivity contribution is 0.0629. The number of nitrogens with one attached hydrogen (secondary N) is 4. The van der Waals surface area contributed by atoms with Crippen molar-refractivity contribution in [2.75, 3.05) is 24.2 Å². The molecule has 2 aromatic rings. The van der Waals surface area contributed by atoms with E-state index >= 15 is 0 Å². The predicted molar refractivity (Wildman–Crippen MR) is 154 cm³/mol. The SMILES string of the molecule is CCc1cc(Cc2ccc(NC(=O)NCC3(C)CC(C)CC(C)(C)C3)c(CC)c2)ccc1NC(=O)NC. The molecule has 2 atom stereocenters. The smallest absolute Gasteiger partial charge is 0.319 e. The maximum Gasteiger partial charge on any atom is 0.319 e. The summed E-state index contributed by atoms with van der Waals surface area (Å²) in [6.07, 6.45) is 5.98. The molecule has 0 bridgehead atoms. The van der Waals surface area contributed by atoms with Crippen LogP contribution in [0.2, 0.25) is 0 Å². The van der Waals surface area contributed by atoms with E-state index in [4.69, 9.17) is 0 Å². The number of urea groups is 2. The molecule has 0 heterocycles. The zero-order valence-electron chi connectivity index (χ0n) is 23.8. The number of anilines is 2. The molecule has 6 heteroatoms. The quantitative estimate of drug-likeness (QED) is 0.307. The van der Waals surface area contributed by atoms with Crippen LogP contribution in [0.15, 0.2) is 36.4 Å². The molecule has 37 heavy (non-hydrogen) atoms. The highest BCUT2D eigenvalue weighted by molar-refractivity contribution is 5.90. The standard InChI is InChI=1S/C31H46N4O2/c1-8-24-15-22(10-12-26(24)34-28(36)32-7)14-23-11-13-27(25(9-2)16-23)35-29(37)33-20-31(6)18-21(3)17-30(4,5)19-31/h10-13,15-16,21H,8-9,14,17-20H2,1-7H3,(H2,32,34,36)(H2,33,35,37). The van der Waals surface area contributed by atoms with Gasteiger partial charge >= 0.3 is 12.1 Å². The van der Waals surface area contributed by atoms with E-state index < -0.39 is 0 Å². The Bertz CT molecular complexity index is 1110. The summed E-state index contributed by atoms with van der Waals surface area (Å²) in [5.74, 6) is 0.676. The highest BCUT2D eigenvalue weighted by atomic mass is 16.2. The Morgan fingerprint density at radius 1 is 0.865 bits per heavy atom. The molecule has 3 rings (SSSR count). The van der Waals surface area contributed by atoms with Crippen LogP contribution in [0.5, 0.6) is 0 Å². The average molecular weight is 507 g/mol. The van der Waals surface area contributed by atoms with Crippen molar-refractivity contribution in [3.63, 3.8) is 0 Å². The minimum Gasteiger partial charge on any atom is -0.341 e. The second-order valence-electron chi connectivity index (χ2n) is 12.0. The summed E-state index contributed by atoms with van der Waals surface area (Å²) < 4.78 is 0. The van der Waals surface area contributed by atoms with E-state index in [2.05, 4.69) is 87.1 Å². The van der Waals surface area contributed by atoms with Gasteiger partial charge in [0.1, 0.15) is 0 Å². The van der Waals surface area contributed by atoms with Gasteiger partial charge in [0.05, 0.1) is 0 Å². The number of amides is 4. The topological polar surface area (TPSA) is 82.3 Å². The molecule has 1 aliphatic carbocycles. The largest absolute Gasteiger partial charge is 0.341 e. The Kier molecular flexibility index (Phi) is 9.27. The van der Waals surface area contributed by atoms with E-state index in [0.717, 1.165) is 54.6 Å². The zero-order chi connectivity index (χ0) is 27.2. The summed E-state index contributed by atoms with van der Waals surface area (Å²) in [4.78, 5) is 24.6. The molecule has 0 saturated heterocycles. The van der Waals surface area contributed by atoms with Crippen LogP contribution in [0.1, 0.15) is 83.1 Å². The van der Waals surface area contributed by atoms with E-state index in [1.54, 1.807) is 7.05 Å². The van der Waals surface area contributed by atoms with E-state index in [1.165, 1.54) is 17.5 Å². The second kappa shape index (κ2) is 12.0. The Labute approximate surface area is 223 Å². The monoisotopic (exact) mass is 506 g/mol. The molecule has 0 aliphatic heterocycles. The van der Waals surface area contributed by atoms with E-state index in [9.17, 15) is 9.59 Å². The lowest BCUT2D eigenvalue weighted by Gasteiger charge is -2.46. The molecule has 2 unspecified atom stereocenters. The molecule has 4 N–H and O–H groups in total. The first kappa shape index (κ1) is 28.5. The summed E-state index contributed by atoms with van der Waals surface area (Å²) in [6, 6.07) is 12.1. The highest BCUT2D eigenvalue weighted by Gasteiger charge is 2.39. The summed E-state index contributed by atoms with van der Waals surface area (Å²) >= 11 is 0. The van der Waals surface area contributed by atoms with Gasteiger partial charge in [0.2, 0.25) is 0 Å². The summed E-state index contributed by atoms with van der Waals surface area (Å²) in [7, 11) is 1.61. The van der Waals surface area contributed by atoms with Crippen molar-refractivity contribution in [3.05, 3.63) is 58.7 Å².